The second-order valence-electron chi connectivity index (χ2n) is 4.64. The normalized spacial score (nSPS) is 11.4. The van der Waals surface area contributed by atoms with Gasteiger partial charge in [-0.15, -0.1) is 10.2 Å². The van der Waals surface area contributed by atoms with Crippen molar-refractivity contribution in [2.45, 2.75) is 0 Å². The van der Waals surface area contributed by atoms with Crippen LogP contribution in [0.1, 0.15) is 10.4 Å². The summed E-state index contributed by atoms with van der Waals surface area (Å²) in [6.45, 7) is 0. The molecule has 0 saturated carbocycles. The molecule has 2 heterocycles. The maximum atomic E-state index is 11.9. The van der Waals surface area contributed by atoms with Crippen molar-refractivity contribution in [3.63, 3.8) is 0 Å². The van der Waals surface area contributed by atoms with Gasteiger partial charge >= 0.3 is 0 Å². The number of carbonyl (C=O) groups excluding carboxylic acids is 1. The third kappa shape index (κ3) is 2.50. The Balaban J connectivity index is 2.04. The van der Waals surface area contributed by atoms with Gasteiger partial charge in [0.05, 0.1) is 11.1 Å². The van der Waals surface area contributed by atoms with Crippen LogP contribution in [0.4, 0.5) is 5.69 Å². The van der Waals surface area contributed by atoms with Crippen LogP contribution in [-0.4, -0.2) is 20.6 Å². The number of aryl methyl sites for hydroxylation is 1. The number of pyridine rings is 1. The van der Waals surface area contributed by atoms with E-state index in [1.54, 1.807) is 29.9 Å². The molecule has 3 rings (SSSR count). The van der Waals surface area contributed by atoms with E-state index in [0.717, 1.165) is 9.99 Å². The standard InChI is InChI=1S/C15H11BrN4O2/c1-20-12-5-4-10(16)7-11(12)13(15(20)22)18-19-14(21)9-3-2-6-17-8-9/h2-8,22H,1H3. The van der Waals surface area contributed by atoms with Crippen molar-refractivity contribution in [3.05, 3.63) is 52.8 Å². The van der Waals surface area contributed by atoms with E-state index in [2.05, 4.69) is 31.1 Å². The smallest absolute Gasteiger partial charge is 0.296 e. The first-order valence-corrected chi connectivity index (χ1v) is 7.20. The van der Waals surface area contributed by atoms with Crippen molar-refractivity contribution in [2.75, 3.05) is 0 Å². The zero-order valence-electron chi connectivity index (χ0n) is 11.6. The fraction of sp³-hybridized carbons (Fsp3) is 0.0667. The van der Waals surface area contributed by atoms with Crippen LogP contribution in [0.5, 0.6) is 5.88 Å². The summed E-state index contributed by atoms with van der Waals surface area (Å²) in [5.41, 5.74) is 1.40. The Morgan fingerprint density at radius 3 is 2.91 bits per heavy atom. The van der Waals surface area contributed by atoms with E-state index in [-0.39, 0.29) is 11.6 Å². The largest absolute Gasteiger partial charge is 0.493 e. The van der Waals surface area contributed by atoms with E-state index >= 15 is 0 Å². The Hall–Kier alpha value is -2.54. The van der Waals surface area contributed by atoms with E-state index in [9.17, 15) is 9.90 Å². The zero-order valence-corrected chi connectivity index (χ0v) is 13.1. The number of halogens is 1. The fourth-order valence-corrected chi connectivity index (χ4v) is 2.49. The van der Waals surface area contributed by atoms with Gasteiger partial charge in [-0.3, -0.25) is 9.78 Å². The topological polar surface area (TPSA) is 79.8 Å². The van der Waals surface area contributed by atoms with Crippen LogP contribution < -0.4 is 0 Å². The number of amides is 1. The number of nitrogens with zero attached hydrogens (tertiary/aromatic N) is 4. The predicted octanol–water partition coefficient (Wildman–Crippen LogP) is 3.97. The summed E-state index contributed by atoms with van der Waals surface area (Å²) in [6, 6.07) is 8.78. The molecular weight excluding hydrogens is 348 g/mol. The van der Waals surface area contributed by atoms with Gasteiger partial charge in [-0.25, -0.2) is 0 Å². The number of carbonyl (C=O) groups is 1. The number of rotatable bonds is 2. The molecule has 6 nitrogen and oxygen atoms in total. The number of hydrogen-bond acceptors (Lipinski definition) is 4. The van der Waals surface area contributed by atoms with E-state index < -0.39 is 5.91 Å². The van der Waals surface area contributed by atoms with Gasteiger partial charge in [-0.05, 0) is 30.3 Å². The van der Waals surface area contributed by atoms with Crippen LogP contribution in [0.3, 0.4) is 0 Å². The van der Waals surface area contributed by atoms with E-state index in [4.69, 9.17) is 0 Å². The third-order valence-corrected chi connectivity index (χ3v) is 3.75. The number of hydrogen-bond donors (Lipinski definition) is 1. The minimum absolute atomic E-state index is 0.0455. The van der Waals surface area contributed by atoms with Crippen LogP contribution >= 0.6 is 15.9 Å². The van der Waals surface area contributed by atoms with Gasteiger partial charge in [0.1, 0.15) is 0 Å². The lowest BCUT2D eigenvalue weighted by Gasteiger charge is -1.96. The number of benzene rings is 1. The molecule has 0 aliphatic rings. The van der Waals surface area contributed by atoms with E-state index in [0.29, 0.717) is 10.9 Å². The van der Waals surface area contributed by atoms with Crippen molar-refractivity contribution in [2.24, 2.45) is 17.3 Å². The van der Waals surface area contributed by atoms with Crippen LogP contribution in [0.15, 0.2) is 57.4 Å². The molecule has 0 fully saturated rings. The molecule has 0 aliphatic carbocycles. The highest BCUT2D eigenvalue weighted by molar-refractivity contribution is 9.10. The minimum atomic E-state index is -0.514. The molecule has 0 unspecified atom stereocenters. The van der Waals surface area contributed by atoms with E-state index in [1.807, 2.05) is 18.2 Å². The highest BCUT2D eigenvalue weighted by Gasteiger charge is 2.15. The molecule has 3 aromatic rings. The van der Waals surface area contributed by atoms with Gasteiger partial charge in [0.15, 0.2) is 5.69 Å². The SMILES string of the molecule is Cn1c(O)c(N=NC(=O)c2cccnc2)c2cc(Br)ccc21. The molecule has 110 valence electrons. The molecule has 0 atom stereocenters. The molecular formula is C15H11BrN4O2. The van der Waals surface area contributed by atoms with Crippen molar-refractivity contribution in [1.82, 2.24) is 9.55 Å². The molecule has 0 radical (unpaired) electrons. The fourth-order valence-electron chi connectivity index (χ4n) is 2.12. The van der Waals surface area contributed by atoms with Crippen LogP contribution in [-0.2, 0) is 7.05 Å². The molecule has 0 aliphatic heterocycles. The van der Waals surface area contributed by atoms with Gasteiger partial charge in [0.25, 0.3) is 5.91 Å². The number of aromatic nitrogens is 2. The summed E-state index contributed by atoms with van der Waals surface area (Å²) in [7, 11) is 1.72. The Kier molecular flexibility index (Phi) is 3.72. The summed E-state index contributed by atoms with van der Waals surface area (Å²) >= 11 is 3.38. The molecule has 22 heavy (non-hydrogen) atoms. The second kappa shape index (κ2) is 5.69. The van der Waals surface area contributed by atoms with E-state index in [1.165, 1.54) is 6.20 Å². The molecule has 1 aromatic carbocycles. The van der Waals surface area contributed by atoms with Crippen molar-refractivity contribution < 1.29 is 9.90 Å². The van der Waals surface area contributed by atoms with Gasteiger partial charge < -0.3 is 9.67 Å². The monoisotopic (exact) mass is 358 g/mol. The number of aromatic hydroxyl groups is 1. The molecule has 1 amide bonds. The zero-order chi connectivity index (χ0) is 15.7. The number of fused-ring (bicyclic) bond motifs is 1. The van der Waals surface area contributed by atoms with Crippen molar-refractivity contribution >= 4 is 38.4 Å². The second-order valence-corrected chi connectivity index (χ2v) is 5.56. The number of azo groups is 1. The minimum Gasteiger partial charge on any atom is -0.493 e. The summed E-state index contributed by atoms with van der Waals surface area (Å²) < 4.78 is 2.44. The van der Waals surface area contributed by atoms with Gasteiger partial charge in [-0.2, -0.15) is 0 Å². The molecule has 1 N–H and O–H groups in total. The highest BCUT2D eigenvalue weighted by Crippen LogP contribution is 2.39. The first-order valence-electron chi connectivity index (χ1n) is 6.41. The first-order chi connectivity index (χ1) is 10.6. The van der Waals surface area contributed by atoms with Crippen molar-refractivity contribution in [3.8, 4) is 5.88 Å². The predicted molar refractivity (Wildman–Crippen MR) is 85.4 cm³/mol. The summed E-state index contributed by atoms with van der Waals surface area (Å²) in [6.07, 6.45) is 2.99. The highest BCUT2D eigenvalue weighted by atomic mass is 79.9. The average Bonchev–Trinajstić information content (AvgIpc) is 2.77. The Morgan fingerprint density at radius 1 is 1.36 bits per heavy atom. The molecule has 0 spiro atoms. The summed E-state index contributed by atoms with van der Waals surface area (Å²) in [5.74, 6) is -0.560. The van der Waals surface area contributed by atoms with Gasteiger partial charge in [-0.1, -0.05) is 15.9 Å². The quantitative estimate of drug-likeness (QED) is 0.703. The lowest BCUT2D eigenvalue weighted by molar-refractivity contribution is 0.0994. The van der Waals surface area contributed by atoms with Gasteiger partial charge in [0.2, 0.25) is 5.88 Å². The molecule has 7 heteroatoms. The maximum Gasteiger partial charge on any atom is 0.296 e. The first kappa shape index (κ1) is 14.4. The Labute approximate surface area is 134 Å². The van der Waals surface area contributed by atoms with Crippen molar-refractivity contribution in [1.29, 1.82) is 0 Å². The van der Waals surface area contributed by atoms with Crippen LogP contribution in [0, 0.1) is 0 Å². The average molecular weight is 359 g/mol. The lowest BCUT2D eigenvalue weighted by atomic mass is 10.2. The van der Waals surface area contributed by atoms with Gasteiger partial charge in [0, 0.05) is 29.3 Å². The lowest BCUT2D eigenvalue weighted by Crippen LogP contribution is -1.93. The summed E-state index contributed by atoms with van der Waals surface area (Å²) in [5, 5.41) is 18.5. The third-order valence-electron chi connectivity index (χ3n) is 3.25. The molecule has 0 saturated heterocycles. The molecule has 2 aromatic heterocycles. The molecule has 0 bridgehead atoms. The van der Waals surface area contributed by atoms with Crippen LogP contribution in [0.2, 0.25) is 0 Å². The van der Waals surface area contributed by atoms with Crippen LogP contribution in [0.25, 0.3) is 10.9 Å². The Bertz CT molecular complexity index is 887. The summed E-state index contributed by atoms with van der Waals surface area (Å²) in [4.78, 5) is 15.8. The maximum absolute atomic E-state index is 11.9. The Morgan fingerprint density at radius 2 is 2.18 bits per heavy atom.